The molecule has 5 aromatic rings. The normalized spacial score (nSPS) is 23.0. The number of fused-ring (bicyclic) bond motifs is 2. The van der Waals surface area contributed by atoms with Crippen LogP contribution in [-0.4, -0.2) is 109 Å². The minimum atomic E-state index is -3.56. The van der Waals surface area contributed by atoms with Gasteiger partial charge in [-0.25, -0.2) is 15.0 Å². The number of anilines is 1. The Labute approximate surface area is 389 Å². The van der Waals surface area contributed by atoms with Gasteiger partial charge in [-0.2, -0.15) is 16.8 Å². The minimum absolute atomic E-state index is 0.0224. The highest BCUT2D eigenvalue weighted by Gasteiger charge is 2.46. The number of nitrogens with two attached hydrogens (primary N) is 1. The van der Waals surface area contributed by atoms with Crippen molar-refractivity contribution in [1.82, 2.24) is 35.5 Å². The quantitative estimate of drug-likeness (QED) is 0.0263. The summed E-state index contributed by atoms with van der Waals surface area (Å²) >= 11 is 1.94. The van der Waals surface area contributed by atoms with E-state index in [4.69, 9.17) is 25.2 Å². The van der Waals surface area contributed by atoms with Gasteiger partial charge in [0.2, 0.25) is 23.7 Å². The number of aliphatic hydroxyl groups is 2. The molecule has 1 unspecified atom stereocenters. The molecule has 7 N–H and O–H groups in total. The second-order valence-electron chi connectivity index (χ2n) is 17.1. The predicted molar refractivity (Wildman–Crippen MR) is 258 cm³/mol. The van der Waals surface area contributed by atoms with Gasteiger partial charge in [0.15, 0.2) is 30.4 Å². The lowest BCUT2D eigenvalue weighted by atomic mass is 9.94. The first-order chi connectivity index (χ1) is 32.2. The van der Waals surface area contributed by atoms with E-state index < -0.39 is 31.7 Å². The summed E-state index contributed by atoms with van der Waals surface area (Å²) in [6, 6.07) is 26.3. The molecule has 18 heteroatoms. The molecule has 7 atom stereocenters. The molecule has 3 aliphatic rings. The lowest BCUT2D eigenvalue weighted by Gasteiger charge is -2.23. The minimum Gasteiger partial charge on any atom is -0.477 e. The summed E-state index contributed by atoms with van der Waals surface area (Å²) in [6.45, 7) is 3.79. The van der Waals surface area contributed by atoms with Crippen LogP contribution in [0.5, 0.6) is 0 Å². The Hall–Kier alpha value is -5.16. The second kappa shape index (κ2) is 22.1. The van der Waals surface area contributed by atoms with Crippen molar-refractivity contribution in [1.29, 1.82) is 0 Å². The molecule has 0 spiro atoms. The van der Waals surface area contributed by atoms with Crippen molar-refractivity contribution in [2.24, 2.45) is 10.9 Å². The summed E-state index contributed by atoms with van der Waals surface area (Å²) in [7, 11) is -3.56. The van der Waals surface area contributed by atoms with Crippen LogP contribution in [0.3, 0.4) is 0 Å². The van der Waals surface area contributed by atoms with E-state index in [1.54, 1.807) is 0 Å². The van der Waals surface area contributed by atoms with Crippen LogP contribution in [0.4, 0.5) is 11.8 Å². The van der Waals surface area contributed by atoms with Gasteiger partial charge in [0, 0.05) is 70.4 Å². The first-order valence-corrected chi connectivity index (χ1v) is 25.8. The number of imidazole rings is 1. The Balaban J connectivity index is 1.02. The number of rotatable bonds is 21. The molecule has 3 aliphatic heterocycles. The van der Waals surface area contributed by atoms with Crippen LogP contribution in [0.15, 0.2) is 96.2 Å². The Morgan fingerprint density at radius 2 is 1.71 bits per heavy atom. The van der Waals surface area contributed by atoms with Gasteiger partial charge in [-0.3, -0.25) is 14.2 Å². The standard InChI is InChI=1S/C48H60N9O7PS/c1-2-24-50-28-36-42(60)43(61)47(64-36)57-45-41(44(49)52-30-53-45)55-48(57)56-46(33-20-10-11-21-37(33)65(62,31-16-6-3-7-17-31)32-18-8-4-9-19-32)63-26-15-5-14-25-51-39(58)23-13-12-22-38-34-27-40(59)54-35(34)29-66-38/h3-4,6-11,16-21,30,34-36,38,42-43,47,50,60-61H,2,5,12-15,22-29H2,1H3,(H,51,58)(H,54,59)(H2,49,52,53)/b56-46-/t34-,35-,36+,38-,42-,43?,47+/m0/s1. The zero-order chi connectivity index (χ0) is 46.0. The zero-order valence-electron chi connectivity index (χ0n) is 37.2. The number of carbonyl (C=O) groups excluding carboxylic acids is 2. The molecule has 0 bridgehead atoms. The highest BCUT2D eigenvalue weighted by atomic mass is 32.2. The van der Waals surface area contributed by atoms with E-state index in [1.165, 1.54) is 10.9 Å². The average Bonchev–Trinajstić information content (AvgIpc) is 4.08. The maximum absolute atomic E-state index is 15.9. The fraction of sp³-hybridized carbons (Fsp3) is 0.458. The number of carbonyl (C=O) groups is 2. The first kappa shape index (κ1) is 47.3. The Bertz CT molecular complexity index is 2470. The summed E-state index contributed by atoms with van der Waals surface area (Å²) in [4.78, 5) is 43.0. The van der Waals surface area contributed by atoms with Crippen LogP contribution in [0.1, 0.15) is 76.5 Å². The number of hydrogen-bond donors (Lipinski definition) is 6. The van der Waals surface area contributed by atoms with Crippen molar-refractivity contribution >= 4 is 75.5 Å². The largest absolute Gasteiger partial charge is 0.477 e. The molecule has 5 heterocycles. The first-order valence-electron chi connectivity index (χ1n) is 23.1. The highest BCUT2D eigenvalue weighted by Crippen LogP contribution is 2.44. The summed E-state index contributed by atoms with van der Waals surface area (Å²) in [5.74, 6) is 1.82. The van der Waals surface area contributed by atoms with Crippen LogP contribution in [0.25, 0.3) is 11.2 Å². The molecule has 0 aliphatic carbocycles. The summed E-state index contributed by atoms with van der Waals surface area (Å²) in [6.07, 6.45) is 3.64. The maximum atomic E-state index is 15.9. The van der Waals surface area contributed by atoms with Gasteiger partial charge < -0.3 is 45.9 Å². The fourth-order valence-electron chi connectivity index (χ4n) is 9.11. The van der Waals surface area contributed by atoms with E-state index in [2.05, 4.69) is 25.9 Å². The van der Waals surface area contributed by atoms with Crippen LogP contribution >= 0.6 is 18.9 Å². The molecule has 66 heavy (non-hydrogen) atoms. The molecular formula is C48H60N9O7PS. The number of benzene rings is 3. The third-order valence-electron chi connectivity index (χ3n) is 12.5. The third kappa shape index (κ3) is 10.5. The van der Waals surface area contributed by atoms with E-state index in [0.29, 0.717) is 77.6 Å². The van der Waals surface area contributed by atoms with Crippen molar-refractivity contribution < 1.29 is 33.8 Å². The monoisotopic (exact) mass is 937 g/mol. The number of thioether (sulfide) groups is 1. The van der Waals surface area contributed by atoms with E-state index in [9.17, 15) is 19.8 Å². The summed E-state index contributed by atoms with van der Waals surface area (Å²) < 4.78 is 30.3. The van der Waals surface area contributed by atoms with Gasteiger partial charge >= 0.3 is 0 Å². The third-order valence-corrected chi connectivity index (χ3v) is 17.2. The predicted octanol–water partition coefficient (Wildman–Crippen LogP) is 4.23. The van der Waals surface area contributed by atoms with Gasteiger partial charge in [0.25, 0.3) is 0 Å². The SMILES string of the molecule is CCCNC[C@H]1O[C@@H](n2c(/N=C(\OCCCCCNC(=O)CCCC[C@@H]3SC[C@@H]4NC(=O)C[C@@H]43)c3ccccc3P(=O)(c3ccccc3)c3ccccc3)nc3c(N)ncnc32)C(O)[C@H]1O. The molecular weight excluding hydrogens is 878 g/mol. The van der Waals surface area contributed by atoms with E-state index in [0.717, 1.165) is 44.3 Å². The zero-order valence-corrected chi connectivity index (χ0v) is 38.9. The van der Waals surface area contributed by atoms with Crippen molar-refractivity contribution in [3.63, 3.8) is 0 Å². The van der Waals surface area contributed by atoms with Gasteiger partial charge in [-0.05, 0) is 51.1 Å². The number of nitrogen functional groups attached to an aromatic ring is 1. The molecule has 2 amide bonds. The number of amides is 2. The molecule has 350 valence electrons. The number of unbranched alkanes of at least 4 members (excludes halogenated alkanes) is 3. The molecule has 3 aromatic carbocycles. The van der Waals surface area contributed by atoms with E-state index in [-0.39, 0.29) is 47.2 Å². The number of aliphatic hydroxyl groups excluding tert-OH is 2. The van der Waals surface area contributed by atoms with Gasteiger partial charge in [0.1, 0.15) is 24.6 Å². The number of aromatic nitrogens is 4. The lowest BCUT2D eigenvalue weighted by Crippen LogP contribution is -2.37. The van der Waals surface area contributed by atoms with Crippen molar-refractivity contribution in [2.45, 2.75) is 101 Å². The van der Waals surface area contributed by atoms with Crippen LogP contribution in [0, 0.1) is 5.92 Å². The molecule has 2 aromatic heterocycles. The smallest absolute Gasteiger partial charge is 0.237 e. The molecule has 0 saturated carbocycles. The Morgan fingerprint density at radius 3 is 2.47 bits per heavy atom. The van der Waals surface area contributed by atoms with Crippen molar-refractivity contribution in [3.8, 4) is 0 Å². The van der Waals surface area contributed by atoms with Crippen LogP contribution in [-0.2, 0) is 23.6 Å². The molecule has 3 saturated heterocycles. The molecule has 8 rings (SSSR count). The van der Waals surface area contributed by atoms with Gasteiger partial charge in [-0.1, -0.05) is 92.2 Å². The highest BCUT2D eigenvalue weighted by molar-refractivity contribution is 8.00. The van der Waals surface area contributed by atoms with E-state index >= 15 is 4.57 Å². The molecule has 3 fully saturated rings. The Kier molecular flexibility index (Phi) is 15.8. The van der Waals surface area contributed by atoms with Gasteiger partial charge in [0.05, 0.1) is 6.61 Å². The number of ether oxygens (including phenoxy) is 2. The molecule has 16 nitrogen and oxygen atoms in total. The maximum Gasteiger partial charge on any atom is 0.237 e. The van der Waals surface area contributed by atoms with Crippen molar-refractivity contribution in [3.05, 3.63) is 96.8 Å². The van der Waals surface area contributed by atoms with Gasteiger partial charge in [-0.15, -0.1) is 0 Å². The topological polar surface area (TPSA) is 228 Å². The number of nitrogens with one attached hydrogen (secondary N) is 3. The number of nitrogens with zero attached hydrogens (tertiary/aromatic N) is 5. The lowest BCUT2D eigenvalue weighted by molar-refractivity contribution is -0.121. The number of aliphatic imine (C=N–C) groups is 1. The van der Waals surface area contributed by atoms with E-state index in [1.807, 2.05) is 104 Å². The fourth-order valence-corrected chi connectivity index (χ4v) is 13.6. The Morgan fingerprint density at radius 1 is 0.970 bits per heavy atom. The molecule has 0 radical (unpaired) electrons. The number of hydrogen-bond acceptors (Lipinski definition) is 14. The summed E-state index contributed by atoms with van der Waals surface area (Å²) in [5.41, 5.74) is 7.26. The van der Waals surface area contributed by atoms with Crippen molar-refractivity contribution in [2.75, 3.05) is 37.7 Å². The van der Waals surface area contributed by atoms with Crippen LogP contribution in [0.2, 0.25) is 0 Å². The average molecular weight is 938 g/mol. The van der Waals surface area contributed by atoms with Crippen LogP contribution < -0.4 is 37.6 Å². The summed E-state index contributed by atoms with van der Waals surface area (Å²) in [5, 5.41) is 34.3. The second-order valence-corrected chi connectivity index (χ2v) is 21.1.